The van der Waals surface area contributed by atoms with Gasteiger partial charge in [-0.15, -0.1) is 0 Å². The Balaban J connectivity index is 2.11. The molecule has 2 nitrogen and oxygen atoms in total. The van der Waals surface area contributed by atoms with Crippen LogP contribution in [-0.2, 0) is 6.42 Å². The molecule has 0 saturated carbocycles. The fraction of sp³-hybridized carbons (Fsp3) is 0.600. The number of rotatable bonds is 0. The van der Waals surface area contributed by atoms with Gasteiger partial charge in [0.25, 0.3) is 0 Å². The lowest BCUT2D eigenvalue weighted by Gasteiger charge is -2.35. The van der Waals surface area contributed by atoms with E-state index in [4.69, 9.17) is 0 Å². The van der Waals surface area contributed by atoms with Crippen LogP contribution in [0, 0.1) is 0 Å². The zero-order valence-corrected chi connectivity index (χ0v) is 11.1. The number of benzene rings is 1. The van der Waals surface area contributed by atoms with Crippen LogP contribution in [0.1, 0.15) is 37.8 Å². The molecule has 1 aromatic rings. The van der Waals surface area contributed by atoms with Crippen LogP contribution in [-0.4, -0.2) is 25.2 Å². The van der Waals surface area contributed by atoms with Crippen LogP contribution in [0.15, 0.2) is 18.2 Å². The van der Waals surface area contributed by atoms with Crippen molar-refractivity contribution < 1.29 is 0 Å². The van der Waals surface area contributed by atoms with Crippen molar-refractivity contribution in [3.05, 3.63) is 29.3 Å². The first-order chi connectivity index (χ1) is 8.07. The fourth-order valence-corrected chi connectivity index (χ4v) is 3.24. The molecule has 3 rings (SSSR count). The van der Waals surface area contributed by atoms with Gasteiger partial charge in [-0.2, -0.15) is 0 Å². The molecule has 0 radical (unpaired) electrons. The first-order valence-corrected chi connectivity index (χ1v) is 6.67. The van der Waals surface area contributed by atoms with E-state index in [9.17, 15) is 0 Å². The molecule has 0 amide bonds. The molecule has 17 heavy (non-hydrogen) atoms. The Labute approximate surface area is 104 Å². The third-order valence-corrected chi connectivity index (χ3v) is 4.05. The van der Waals surface area contributed by atoms with Gasteiger partial charge in [-0.05, 0) is 50.9 Å². The van der Waals surface area contributed by atoms with E-state index in [1.165, 1.54) is 18.7 Å². The predicted octanol–water partition coefficient (Wildman–Crippen LogP) is 2.53. The maximum atomic E-state index is 3.57. The largest absolute Gasteiger partial charge is 0.366 e. The van der Waals surface area contributed by atoms with Crippen molar-refractivity contribution in [3.63, 3.8) is 0 Å². The Hall–Kier alpha value is -1.02. The van der Waals surface area contributed by atoms with Crippen molar-refractivity contribution in [2.45, 2.75) is 38.6 Å². The van der Waals surface area contributed by atoms with E-state index in [0.29, 0.717) is 5.92 Å². The molecule has 0 spiro atoms. The minimum Gasteiger partial charge on any atom is -0.366 e. The fourth-order valence-electron chi connectivity index (χ4n) is 3.24. The molecule has 1 atom stereocenters. The van der Waals surface area contributed by atoms with E-state index < -0.39 is 0 Å². The topological polar surface area (TPSA) is 15.3 Å². The molecule has 0 aliphatic carbocycles. The smallest absolute Gasteiger partial charge is 0.0410 e. The number of hydrogen-bond donors (Lipinski definition) is 1. The molecule has 92 valence electrons. The second-order valence-corrected chi connectivity index (χ2v) is 6.28. The predicted molar refractivity (Wildman–Crippen MR) is 72.9 cm³/mol. The summed E-state index contributed by atoms with van der Waals surface area (Å²) >= 11 is 0. The van der Waals surface area contributed by atoms with Crippen molar-refractivity contribution in [2.24, 2.45) is 0 Å². The van der Waals surface area contributed by atoms with Gasteiger partial charge in [0.05, 0.1) is 0 Å². The van der Waals surface area contributed by atoms with Crippen molar-refractivity contribution in [1.82, 2.24) is 5.32 Å². The molecule has 1 N–H and O–H groups in total. The molecule has 1 aromatic carbocycles. The second-order valence-electron chi connectivity index (χ2n) is 6.28. The second kappa shape index (κ2) is 3.74. The van der Waals surface area contributed by atoms with Gasteiger partial charge in [0.2, 0.25) is 0 Å². The van der Waals surface area contributed by atoms with Gasteiger partial charge in [-0.3, -0.25) is 0 Å². The molecule has 0 fully saturated rings. The van der Waals surface area contributed by atoms with E-state index >= 15 is 0 Å². The molecule has 2 heterocycles. The zero-order chi connectivity index (χ0) is 12.0. The highest BCUT2D eigenvalue weighted by atomic mass is 15.2. The van der Waals surface area contributed by atoms with Crippen LogP contribution < -0.4 is 10.2 Å². The molecule has 0 aromatic heterocycles. The standard InChI is InChI=1S/C15H22N2/c1-15(2,3)17-10-12-9-16-8-7-11-5-4-6-13(17)14(11)12/h4-6,12,16H,7-10H2,1-3H3. The minimum atomic E-state index is 0.224. The molecular weight excluding hydrogens is 208 g/mol. The zero-order valence-electron chi connectivity index (χ0n) is 11.1. The third-order valence-electron chi connectivity index (χ3n) is 4.05. The Kier molecular flexibility index (Phi) is 2.44. The number of nitrogens with zero attached hydrogens (tertiary/aromatic N) is 1. The SMILES string of the molecule is CC(C)(C)N1CC2CNCCc3cccc1c32. The van der Waals surface area contributed by atoms with Crippen LogP contribution in [0.5, 0.6) is 0 Å². The van der Waals surface area contributed by atoms with E-state index in [-0.39, 0.29) is 5.54 Å². The number of anilines is 1. The average molecular weight is 230 g/mol. The first-order valence-electron chi connectivity index (χ1n) is 6.67. The summed E-state index contributed by atoms with van der Waals surface area (Å²) in [5.41, 5.74) is 4.88. The van der Waals surface area contributed by atoms with Gasteiger partial charge in [-0.1, -0.05) is 12.1 Å². The van der Waals surface area contributed by atoms with Crippen molar-refractivity contribution in [2.75, 3.05) is 24.5 Å². The van der Waals surface area contributed by atoms with E-state index in [2.05, 4.69) is 49.2 Å². The molecule has 0 bridgehead atoms. The third kappa shape index (κ3) is 1.75. The Morgan fingerprint density at radius 3 is 2.88 bits per heavy atom. The van der Waals surface area contributed by atoms with Crippen LogP contribution >= 0.6 is 0 Å². The van der Waals surface area contributed by atoms with E-state index in [0.717, 1.165) is 13.1 Å². The highest BCUT2D eigenvalue weighted by molar-refractivity contribution is 5.65. The van der Waals surface area contributed by atoms with Crippen LogP contribution in [0.3, 0.4) is 0 Å². The van der Waals surface area contributed by atoms with Gasteiger partial charge >= 0.3 is 0 Å². The maximum Gasteiger partial charge on any atom is 0.0410 e. The molecule has 2 aliphatic heterocycles. The lowest BCUT2D eigenvalue weighted by molar-refractivity contribution is 0.493. The Bertz CT molecular complexity index is 431. The molecule has 0 saturated heterocycles. The molecule has 1 unspecified atom stereocenters. The van der Waals surface area contributed by atoms with E-state index in [1.807, 2.05) is 0 Å². The number of hydrogen-bond acceptors (Lipinski definition) is 2. The summed E-state index contributed by atoms with van der Waals surface area (Å²) in [7, 11) is 0. The quantitative estimate of drug-likeness (QED) is 0.737. The van der Waals surface area contributed by atoms with E-state index in [1.54, 1.807) is 11.1 Å². The highest BCUT2D eigenvalue weighted by Gasteiger charge is 2.36. The van der Waals surface area contributed by atoms with Gasteiger partial charge in [0.1, 0.15) is 0 Å². The molecular formula is C15H22N2. The van der Waals surface area contributed by atoms with Gasteiger partial charge in [0.15, 0.2) is 0 Å². The van der Waals surface area contributed by atoms with Crippen LogP contribution in [0.4, 0.5) is 5.69 Å². The van der Waals surface area contributed by atoms with Gasteiger partial charge in [-0.25, -0.2) is 0 Å². The Morgan fingerprint density at radius 1 is 1.29 bits per heavy atom. The monoisotopic (exact) mass is 230 g/mol. The van der Waals surface area contributed by atoms with Crippen molar-refractivity contribution >= 4 is 5.69 Å². The van der Waals surface area contributed by atoms with Gasteiger partial charge in [0, 0.05) is 30.2 Å². The maximum absolute atomic E-state index is 3.57. The highest BCUT2D eigenvalue weighted by Crippen LogP contribution is 2.42. The minimum absolute atomic E-state index is 0.224. The van der Waals surface area contributed by atoms with Gasteiger partial charge < -0.3 is 10.2 Å². The summed E-state index contributed by atoms with van der Waals surface area (Å²) < 4.78 is 0. The summed E-state index contributed by atoms with van der Waals surface area (Å²) in [5, 5.41) is 3.57. The van der Waals surface area contributed by atoms with Crippen molar-refractivity contribution in [3.8, 4) is 0 Å². The lowest BCUT2D eigenvalue weighted by Crippen LogP contribution is -2.41. The van der Waals surface area contributed by atoms with Crippen LogP contribution in [0.2, 0.25) is 0 Å². The normalized spacial score (nSPS) is 23.5. The summed E-state index contributed by atoms with van der Waals surface area (Å²) in [6, 6.07) is 6.83. The molecule has 2 heteroatoms. The first kappa shape index (κ1) is 11.1. The lowest BCUT2D eigenvalue weighted by atomic mass is 9.96. The Morgan fingerprint density at radius 2 is 2.12 bits per heavy atom. The summed E-state index contributed by atoms with van der Waals surface area (Å²) in [4.78, 5) is 2.57. The summed E-state index contributed by atoms with van der Waals surface area (Å²) in [5.74, 6) is 0.683. The van der Waals surface area contributed by atoms with Crippen LogP contribution in [0.25, 0.3) is 0 Å². The summed E-state index contributed by atoms with van der Waals surface area (Å²) in [6.45, 7) is 10.4. The summed E-state index contributed by atoms with van der Waals surface area (Å²) in [6.07, 6.45) is 1.18. The average Bonchev–Trinajstić information content (AvgIpc) is 2.51. The molecule has 2 aliphatic rings. The number of nitrogens with one attached hydrogen (secondary N) is 1. The van der Waals surface area contributed by atoms with Crippen molar-refractivity contribution in [1.29, 1.82) is 0 Å².